The highest BCUT2D eigenvalue weighted by molar-refractivity contribution is 6.32. The molecule has 0 aliphatic carbocycles. The Bertz CT molecular complexity index is 576. The van der Waals surface area contributed by atoms with Crippen LogP contribution in [0.15, 0.2) is 42.5 Å². The van der Waals surface area contributed by atoms with Gasteiger partial charge in [0.1, 0.15) is 17.8 Å². The van der Waals surface area contributed by atoms with E-state index >= 15 is 0 Å². The molecule has 0 spiro atoms. The zero-order valence-corrected chi connectivity index (χ0v) is 12.2. The molecule has 0 aliphatic heterocycles. The van der Waals surface area contributed by atoms with E-state index in [4.69, 9.17) is 16.3 Å². The number of carbonyl (C=O) groups is 1. The molecule has 2 nitrogen and oxygen atoms in total. The predicted molar refractivity (Wildman–Crippen MR) is 82.0 cm³/mol. The summed E-state index contributed by atoms with van der Waals surface area (Å²) < 4.78 is 5.72. The molecule has 0 fully saturated rings. The number of hydrogen-bond donors (Lipinski definition) is 0. The van der Waals surface area contributed by atoms with E-state index in [1.165, 1.54) is 18.4 Å². The minimum Gasteiger partial charge on any atom is -0.456 e. The van der Waals surface area contributed by atoms with E-state index in [-0.39, 0.29) is 0 Å². The first-order valence-corrected chi connectivity index (χ1v) is 7.12. The summed E-state index contributed by atoms with van der Waals surface area (Å²) in [6, 6.07) is 13.0. The van der Waals surface area contributed by atoms with Crippen LogP contribution in [0.3, 0.4) is 0 Å². The second kappa shape index (κ2) is 7.11. The molecule has 0 radical (unpaired) electrons. The summed E-state index contributed by atoms with van der Waals surface area (Å²) in [7, 11) is 0. The van der Waals surface area contributed by atoms with Crippen LogP contribution in [0.5, 0.6) is 11.5 Å². The first-order valence-electron chi connectivity index (χ1n) is 6.74. The van der Waals surface area contributed by atoms with Crippen molar-refractivity contribution in [3.8, 4) is 11.5 Å². The second-order valence-corrected chi connectivity index (χ2v) is 5.06. The molecule has 2 aromatic carbocycles. The molecule has 0 saturated carbocycles. The summed E-state index contributed by atoms with van der Waals surface area (Å²) in [4.78, 5) is 10.7. The molecule has 0 aromatic heterocycles. The summed E-state index contributed by atoms with van der Waals surface area (Å²) in [5.74, 6) is 1.30. The lowest BCUT2D eigenvalue weighted by Gasteiger charge is -2.08. The molecule has 0 N–H and O–H groups in total. The van der Waals surface area contributed by atoms with Gasteiger partial charge in [-0.2, -0.15) is 0 Å². The molecule has 0 amide bonds. The maximum atomic E-state index is 10.7. The third-order valence-corrected chi connectivity index (χ3v) is 3.36. The Morgan fingerprint density at radius 2 is 1.90 bits per heavy atom. The molecule has 0 aliphatic rings. The molecule has 0 unspecified atom stereocenters. The number of unbranched alkanes of at least 4 members (excludes halogenated alkanes) is 1. The van der Waals surface area contributed by atoms with Crippen molar-refractivity contribution in [1.29, 1.82) is 0 Å². The number of halogens is 1. The van der Waals surface area contributed by atoms with Crippen molar-refractivity contribution in [2.24, 2.45) is 0 Å². The lowest BCUT2D eigenvalue weighted by atomic mass is 10.1. The first-order chi connectivity index (χ1) is 9.72. The standard InChI is InChI=1S/C17H17ClO2/c1-2-3-4-13-5-8-15(9-6-13)20-17-10-7-14(12-19)11-16(17)18/h5-12H,2-4H2,1H3. The molecule has 0 saturated heterocycles. The fraction of sp³-hybridized carbons (Fsp3) is 0.235. The van der Waals surface area contributed by atoms with Crippen molar-refractivity contribution in [1.82, 2.24) is 0 Å². The number of aryl methyl sites for hydroxylation is 1. The average molecular weight is 289 g/mol. The van der Waals surface area contributed by atoms with E-state index in [2.05, 4.69) is 19.1 Å². The van der Waals surface area contributed by atoms with E-state index < -0.39 is 0 Å². The number of ether oxygens (including phenoxy) is 1. The molecular formula is C17H17ClO2. The van der Waals surface area contributed by atoms with Crippen LogP contribution in [0, 0.1) is 0 Å². The van der Waals surface area contributed by atoms with Gasteiger partial charge in [0.15, 0.2) is 0 Å². The zero-order valence-electron chi connectivity index (χ0n) is 11.4. The maximum absolute atomic E-state index is 10.7. The third kappa shape index (κ3) is 3.84. The zero-order chi connectivity index (χ0) is 14.4. The summed E-state index contributed by atoms with van der Waals surface area (Å²) in [6.07, 6.45) is 4.24. The van der Waals surface area contributed by atoms with Gasteiger partial charge in [-0.3, -0.25) is 4.79 Å². The van der Waals surface area contributed by atoms with Gasteiger partial charge < -0.3 is 4.74 Å². The van der Waals surface area contributed by atoms with Crippen LogP contribution < -0.4 is 4.74 Å². The van der Waals surface area contributed by atoms with E-state index in [1.807, 2.05) is 12.1 Å². The highest BCUT2D eigenvalue weighted by atomic mass is 35.5. The van der Waals surface area contributed by atoms with Gasteiger partial charge in [0, 0.05) is 5.56 Å². The summed E-state index contributed by atoms with van der Waals surface area (Å²) in [6.45, 7) is 2.18. The molecule has 2 aromatic rings. The van der Waals surface area contributed by atoms with Gasteiger partial charge in [-0.1, -0.05) is 37.1 Å². The summed E-state index contributed by atoms with van der Waals surface area (Å²) in [5, 5.41) is 0.435. The smallest absolute Gasteiger partial charge is 0.150 e. The van der Waals surface area contributed by atoms with Crippen molar-refractivity contribution in [3.63, 3.8) is 0 Å². The van der Waals surface area contributed by atoms with Gasteiger partial charge in [-0.15, -0.1) is 0 Å². The third-order valence-electron chi connectivity index (χ3n) is 3.06. The van der Waals surface area contributed by atoms with Gasteiger partial charge in [0.05, 0.1) is 5.02 Å². The first kappa shape index (κ1) is 14.6. The van der Waals surface area contributed by atoms with Crippen molar-refractivity contribution < 1.29 is 9.53 Å². The molecule has 20 heavy (non-hydrogen) atoms. The summed E-state index contributed by atoms with van der Waals surface area (Å²) >= 11 is 6.07. The average Bonchev–Trinajstić information content (AvgIpc) is 2.48. The molecule has 0 atom stereocenters. The van der Waals surface area contributed by atoms with E-state index in [9.17, 15) is 4.79 Å². The number of hydrogen-bond acceptors (Lipinski definition) is 2. The van der Waals surface area contributed by atoms with Crippen LogP contribution in [0.25, 0.3) is 0 Å². The number of rotatable bonds is 6. The SMILES string of the molecule is CCCCc1ccc(Oc2ccc(C=O)cc2Cl)cc1. The Labute approximate surface area is 124 Å². The van der Waals surface area contributed by atoms with Crippen LogP contribution in [-0.2, 0) is 6.42 Å². The Balaban J connectivity index is 2.08. The normalized spacial score (nSPS) is 10.3. The molecule has 2 rings (SSSR count). The number of benzene rings is 2. The van der Waals surface area contributed by atoms with Crippen LogP contribution in [0.1, 0.15) is 35.7 Å². The van der Waals surface area contributed by atoms with Crippen LogP contribution in [-0.4, -0.2) is 6.29 Å². The second-order valence-electron chi connectivity index (χ2n) is 4.66. The largest absolute Gasteiger partial charge is 0.456 e. The Hall–Kier alpha value is -1.80. The van der Waals surface area contributed by atoms with Crippen molar-refractivity contribution in [2.45, 2.75) is 26.2 Å². The molecule has 104 valence electrons. The molecule has 0 heterocycles. The topological polar surface area (TPSA) is 26.3 Å². The monoisotopic (exact) mass is 288 g/mol. The van der Waals surface area contributed by atoms with Crippen molar-refractivity contribution >= 4 is 17.9 Å². The van der Waals surface area contributed by atoms with Gasteiger partial charge in [-0.25, -0.2) is 0 Å². The van der Waals surface area contributed by atoms with Gasteiger partial charge >= 0.3 is 0 Å². The maximum Gasteiger partial charge on any atom is 0.150 e. The minimum atomic E-state index is 0.435. The molecule has 3 heteroatoms. The van der Waals surface area contributed by atoms with E-state index in [0.29, 0.717) is 16.3 Å². The fourth-order valence-corrected chi connectivity index (χ4v) is 2.13. The van der Waals surface area contributed by atoms with Gasteiger partial charge in [0.2, 0.25) is 0 Å². The Morgan fingerprint density at radius 1 is 1.15 bits per heavy atom. The predicted octanol–water partition coefficient (Wildman–Crippen LogP) is 5.29. The highest BCUT2D eigenvalue weighted by Gasteiger charge is 2.04. The summed E-state index contributed by atoms with van der Waals surface area (Å²) in [5.41, 5.74) is 1.85. The Morgan fingerprint density at radius 3 is 2.50 bits per heavy atom. The highest BCUT2D eigenvalue weighted by Crippen LogP contribution is 2.30. The van der Waals surface area contributed by atoms with E-state index in [1.54, 1.807) is 18.2 Å². The molecule has 0 bridgehead atoms. The lowest BCUT2D eigenvalue weighted by Crippen LogP contribution is -1.89. The van der Waals surface area contributed by atoms with Crippen LogP contribution in [0.2, 0.25) is 5.02 Å². The molecular weight excluding hydrogens is 272 g/mol. The van der Waals surface area contributed by atoms with Crippen LogP contribution in [0.4, 0.5) is 0 Å². The fourth-order valence-electron chi connectivity index (χ4n) is 1.91. The number of aldehydes is 1. The lowest BCUT2D eigenvalue weighted by molar-refractivity contribution is 0.112. The minimum absolute atomic E-state index is 0.435. The van der Waals surface area contributed by atoms with Gasteiger partial charge in [0.25, 0.3) is 0 Å². The quantitative estimate of drug-likeness (QED) is 0.675. The van der Waals surface area contributed by atoms with Gasteiger partial charge in [-0.05, 0) is 48.7 Å². The number of carbonyl (C=O) groups excluding carboxylic acids is 1. The van der Waals surface area contributed by atoms with E-state index in [0.717, 1.165) is 18.5 Å². The van der Waals surface area contributed by atoms with Crippen molar-refractivity contribution in [3.05, 3.63) is 58.6 Å². The van der Waals surface area contributed by atoms with Crippen LogP contribution >= 0.6 is 11.6 Å². The van der Waals surface area contributed by atoms with Crippen molar-refractivity contribution in [2.75, 3.05) is 0 Å². The Kier molecular flexibility index (Phi) is 5.19.